The van der Waals surface area contributed by atoms with E-state index in [1.165, 1.54) is 12.1 Å². The number of aryl methyl sites for hydroxylation is 1. The van der Waals surface area contributed by atoms with Gasteiger partial charge in [-0.1, -0.05) is 12.1 Å². The van der Waals surface area contributed by atoms with Gasteiger partial charge in [-0.05, 0) is 31.5 Å². The summed E-state index contributed by atoms with van der Waals surface area (Å²) in [7, 11) is 1.68. The minimum absolute atomic E-state index is 0.175. The van der Waals surface area contributed by atoms with Crippen LogP contribution in [-0.4, -0.2) is 29.3 Å². The van der Waals surface area contributed by atoms with Crippen LogP contribution in [0.15, 0.2) is 30.5 Å². The van der Waals surface area contributed by atoms with Crippen molar-refractivity contribution in [1.29, 1.82) is 0 Å². The van der Waals surface area contributed by atoms with Crippen molar-refractivity contribution in [3.63, 3.8) is 0 Å². The van der Waals surface area contributed by atoms with E-state index in [0.29, 0.717) is 13.2 Å². The zero-order valence-electron chi connectivity index (χ0n) is 12.1. The van der Waals surface area contributed by atoms with Crippen molar-refractivity contribution in [3.05, 3.63) is 47.5 Å². The van der Waals surface area contributed by atoms with Crippen LogP contribution in [0.1, 0.15) is 18.2 Å². The lowest BCUT2D eigenvalue weighted by molar-refractivity contribution is 0.190. The van der Waals surface area contributed by atoms with Crippen LogP contribution in [-0.2, 0) is 11.3 Å². The van der Waals surface area contributed by atoms with Gasteiger partial charge in [-0.3, -0.25) is 0 Å². The first-order valence-corrected chi connectivity index (χ1v) is 6.62. The van der Waals surface area contributed by atoms with Crippen LogP contribution in [0, 0.1) is 12.7 Å². The zero-order valence-corrected chi connectivity index (χ0v) is 12.1. The Bertz CT molecular complexity index is 551. The van der Waals surface area contributed by atoms with Gasteiger partial charge >= 0.3 is 0 Å². The van der Waals surface area contributed by atoms with Gasteiger partial charge in [0.25, 0.3) is 0 Å². The van der Waals surface area contributed by atoms with Gasteiger partial charge in [-0.2, -0.15) is 0 Å². The lowest BCUT2D eigenvalue weighted by Gasteiger charge is -2.15. The summed E-state index contributed by atoms with van der Waals surface area (Å²) in [5.41, 5.74) is 1.98. The summed E-state index contributed by atoms with van der Waals surface area (Å²) in [5, 5.41) is 3.32. The third-order valence-electron chi connectivity index (χ3n) is 2.96. The van der Waals surface area contributed by atoms with Crippen LogP contribution in [0.3, 0.4) is 0 Å². The summed E-state index contributed by atoms with van der Waals surface area (Å²) in [4.78, 5) is 4.47. The zero-order chi connectivity index (χ0) is 14.5. The number of ether oxygens (including phenoxy) is 1. The van der Waals surface area contributed by atoms with Gasteiger partial charge in [-0.15, -0.1) is 0 Å². The quantitative estimate of drug-likeness (QED) is 0.882. The summed E-state index contributed by atoms with van der Waals surface area (Å²) >= 11 is 0. The number of hydrogen-bond acceptors (Lipinski definition) is 3. The van der Waals surface area contributed by atoms with Crippen molar-refractivity contribution in [1.82, 2.24) is 9.55 Å². The van der Waals surface area contributed by atoms with Crippen molar-refractivity contribution < 1.29 is 9.13 Å². The number of halogens is 1. The van der Waals surface area contributed by atoms with E-state index in [-0.39, 0.29) is 11.9 Å². The van der Waals surface area contributed by atoms with E-state index in [2.05, 4.69) is 10.3 Å². The summed E-state index contributed by atoms with van der Waals surface area (Å²) in [6.07, 6.45) is 1.98. The van der Waals surface area contributed by atoms with Gasteiger partial charge in [-0.25, -0.2) is 9.37 Å². The molecule has 1 aromatic heterocycles. The van der Waals surface area contributed by atoms with E-state index in [9.17, 15) is 4.39 Å². The number of hydrogen-bond donors (Lipinski definition) is 1. The molecule has 0 aliphatic carbocycles. The van der Waals surface area contributed by atoms with Crippen LogP contribution in [0.25, 0.3) is 0 Å². The van der Waals surface area contributed by atoms with Gasteiger partial charge in [0.15, 0.2) is 0 Å². The fourth-order valence-corrected chi connectivity index (χ4v) is 2.08. The third-order valence-corrected chi connectivity index (χ3v) is 2.96. The first-order valence-electron chi connectivity index (χ1n) is 6.62. The standard InChI is InChI=1S/C15H20FN3O/c1-11-8-19(9-13-4-6-14(16)7-5-13)15(17-11)18-12(2)10-20-3/h4-8,12H,9-10H2,1-3H3,(H,17,18). The summed E-state index contributed by atoms with van der Waals surface area (Å²) in [6, 6.07) is 6.69. The van der Waals surface area contributed by atoms with E-state index in [1.54, 1.807) is 19.2 Å². The molecule has 0 aliphatic rings. The third kappa shape index (κ3) is 3.81. The predicted molar refractivity (Wildman–Crippen MR) is 77.4 cm³/mol. The van der Waals surface area contributed by atoms with Gasteiger partial charge in [0.2, 0.25) is 5.95 Å². The molecule has 1 heterocycles. The van der Waals surface area contributed by atoms with E-state index < -0.39 is 0 Å². The molecule has 0 saturated carbocycles. The molecule has 0 radical (unpaired) electrons. The fraction of sp³-hybridized carbons (Fsp3) is 0.400. The average Bonchev–Trinajstić information content (AvgIpc) is 2.72. The van der Waals surface area contributed by atoms with Crippen LogP contribution in [0.5, 0.6) is 0 Å². The molecule has 1 N–H and O–H groups in total. The highest BCUT2D eigenvalue weighted by Crippen LogP contribution is 2.13. The molecule has 4 nitrogen and oxygen atoms in total. The van der Waals surface area contributed by atoms with E-state index in [0.717, 1.165) is 17.2 Å². The van der Waals surface area contributed by atoms with Crippen molar-refractivity contribution >= 4 is 5.95 Å². The van der Waals surface area contributed by atoms with Crippen molar-refractivity contribution in [3.8, 4) is 0 Å². The Morgan fingerprint density at radius 1 is 1.35 bits per heavy atom. The van der Waals surface area contributed by atoms with Crippen molar-refractivity contribution in [2.45, 2.75) is 26.4 Å². The second-order valence-electron chi connectivity index (χ2n) is 4.96. The van der Waals surface area contributed by atoms with Crippen molar-refractivity contribution in [2.75, 3.05) is 19.0 Å². The Labute approximate surface area is 118 Å². The summed E-state index contributed by atoms with van der Waals surface area (Å²) in [5.74, 6) is 0.582. The number of nitrogens with one attached hydrogen (secondary N) is 1. The molecular weight excluding hydrogens is 257 g/mol. The largest absolute Gasteiger partial charge is 0.383 e. The normalized spacial score (nSPS) is 12.4. The summed E-state index contributed by atoms with van der Waals surface area (Å²) < 4.78 is 20.1. The maximum Gasteiger partial charge on any atom is 0.203 e. The molecule has 0 saturated heterocycles. The topological polar surface area (TPSA) is 39.1 Å². The molecule has 2 aromatic rings. The van der Waals surface area contributed by atoms with Crippen molar-refractivity contribution in [2.24, 2.45) is 0 Å². The smallest absolute Gasteiger partial charge is 0.203 e. The minimum atomic E-state index is -0.220. The van der Waals surface area contributed by atoms with Gasteiger partial charge in [0.1, 0.15) is 5.82 Å². The highest BCUT2D eigenvalue weighted by Gasteiger charge is 2.09. The number of nitrogens with zero attached hydrogens (tertiary/aromatic N) is 2. The number of benzene rings is 1. The molecule has 1 aromatic carbocycles. The number of anilines is 1. The highest BCUT2D eigenvalue weighted by atomic mass is 19.1. The minimum Gasteiger partial charge on any atom is -0.383 e. The SMILES string of the molecule is COCC(C)Nc1nc(C)cn1Cc1ccc(F)cc1. The van der Waals surface area contributed by atoms with E-state index in [4.69, 9.17) is 4.74 Å². The molecule has 20 heavy (non-hydrogen) atoms. The highest BCUT2D eigenvalue weighted by molar-refractivity contribution is 5.31. The molecule has 0 amide bonds. The molecule has 5 heteroatoms. The molecule has 1 unspecified atom stereocenters. The second-order valence-corrected chi connectivity index (χ2v) is 4.96. The van der Waals surface area contributed by atoms with E-state index >= 15 is 0 Å². The maximum absolute atomic E-state index is 12.9. The Hall–Kier alpha value is -1.88. The van der Waals surface area contributed by atoms with Gasteiger partial charge in [0.05, 0.1) is 18.8 Å². The number of rotatable bonds is 6. The molecule has 0 aliphatic heterocycles. The first kappa shape index (κ1) is 14.5. The van der Waals surface area contributed by atoms with Gasteiger partial charge in [0, 0.05) is 19.3 Å². The monoisotopic (exact) mass is 277 g/mol. The molecule has 0 fully saturated rings. The maximum atomic E-state index is 12.9. The average molecular weight is 277 g/mol. The Morgan fingerprint density at radius 2 is 2.05 bits per heavy atom. The Morgan fingerprint density at radius 3 is 2.70 bits per heavy atom. The fourth-order valence-electron chi connectivity index (χ4n) is 2.08. The summed E-state index contributed by atoms with van der Waals surface area (Å²) in [6.45, 7) is 5.26. The number of aromatic nitrogens is 2. The van der Waals surface area contributed by atoms with Crippen LogP contribution >= 0.6 is 0 Å². The van der Waals surface area contributed by atoms with Gasteiger partial charge < -0.3 is 14.6 Å². The molecule has 0 spiro atoms. The molecule has 1 atom stereocenters. The predicted octanol–water partition coefficient (Wildman–Crippen LogP) is 2.83. The number of methoxy groups -OCH3 is 1. The van der Waals surface area contributed by atoms with E-state index in [1.807, 2.05) is 24.6 Å². The molecule has 0 bridgehead atoms. The van der Waals surface area contributed by atoms with Crippen LogP contribution in [0.4, 0.5) is 10.3 Å². The Balaban J connectivity index is 2.12. The van der Waals surface area contributed by atoms with Crippen LogP contribution < -0.4 is 5.32 Å². The molecular formula is C15H20FN3O. The lowest BCUT2D eigenvalue weighted by atomic mass is 10.2. The number of imidazole rings is 1. The molecule has 2 rings (SSSR count). The Kier molecular flexibility index (Phi) is 4.74. The first-order chi connectivity index (χ1) is 9.58. The second kappa shape index (κ2) is 6.52. The lowest BCUT2D eigenvalue weighted by Crippen LogP contribution is -2.23. The van der Waals surface area contributed by atoms with Crippen LogP contribution in [0.2, 0.25) is 0 Å². The molecule has 108 valence electrons.